The first-order valence-corrected chi connectivity index (χ1v) is 17.9. The van der Waals surface area contributed by atoms with Gasteiger partial charge in [-0.25, -0.2) is 0 Å². The summed E-state index contributed by atoms with van der Waals surface area (Å²) in [7, 11) is 1.49. The fourth-order valence-corrected chi connectivity index (χ4v) is 6.41. The van der Waals surface area contributed by atoms with Crippen LogP contribution in [0.1, 0.15) is 44.5 Å². The summed E-state index contributed by atoms with van der Waals surface area (Å²) in [5.74, 6) is 0.226. The Morgan fingerprint density at radius 1 is 0.945 bits per heavy atom. The summed E-state index contributed by atoms with van der Waals surface area (Å²) in [6, 6.07) is 21.3. The molecule has 4 aromatic carbocycles. The van der Waals surface area contributed by atoms with E-state index in [2.05, 4.69) is 21.7 Å². The number of halogens is 2. The number of nitrogens with two attached hydrogens (primary N) is 1. The summed E-state index contributed by atoms with van der Waals surface area (Å²) in [4.78, 5) is 15.4. The van der Waals surface area contributed by atoms with Gasteiger partial charge in [0.2, 0.25) is 0 Å². The summed E-state index contributed by atoms with van der Waals surface area (Å²) < 4.78 is 17.8. The predicted molar refractivity (Wildman–Crippen MR) is 212 cm³/mol. The maximum atomic E-state index is 11.3. The number of nitrogens with one attached hydrogen (secondary N) is 3. The van der Waals surface area contributed by atoms with Crippen molar-refractivity contribution >= 4 is 41.1 Å². The van der Waals surface area contributed by atoms with Crippen molar-refractivity contribution in [2.45, 2.75) is 45.8 Å². The average molecular weight is 784 g/mol. The Balaban J connectivity index is 1.33. The second-order valence-electron chi connectivity index (χ2n) is 12.4. The molecule has 0 saturated heterocycles. The summed E-state index contributed by atoms with van der Waals surface area (Å²) in [6.07, 6.45) is 4.45. The lowest BCUT2D eigenvalue weighted by Crippen LogP contribution is -2.39. The van der Waals surface area contributed by atoms with Crippen LogP contribution in [0.25, 0.3) is 11.1 Å². The first kappa shape index (κ1) is 40.5. The zero-order chi connectivity index (χ0) is 39.5. The van der Waals surface area contributed by atoms with Gasteiger partial charge in [-0.15, -0.1) is 0 Å². The fraction of sp³-hybridized carbons (Fsp3) is 0.220. The van der Waals surface area contributed by atoms with Gasteiger partial charge in [-0.1, -0.05) is 53.5 Å². The molecule has 1 atom stereocenters. The van der Waals surface area contributed by atoms with Crippen molar-refractivity contribution in [3.63, 3.8) is 0 Å². The van der Waals surface area contributed by atoms with Crippen molar-refractivity contribution in [1.29, 1.82) is 10.7 Å². The average Bonchev–Trinajstić information content (AvgIpc) is 3.19. The summed E-state index contributed by atoms with van der Waals surface area (Å²) >= 11 is 13.3. The van der Waals surface area contributed by atoms with E-state index < -0.39 is 18.6 Å². The molecule has 5 aromatic rings. The van der Waals surface area contributed by atoms with Crippen LogP contribution in [0.15, 0.2) is 79.1 Å². The molecule has 0 amide bonds. The number of rotatable bonds is 18. The third-order valence-electron chi connectivity index (χ3n) is 8.96. The second kappa shape index (κ2) is 19.1. The molecule has 55 heavy (non-hydrogen) atoms. The van der Waals surface area contributed by atoms with E-state index in [0.29, 0.717) is 50.5 Å². The van der Waals surface area contributed by atoms with Gasteiger partial charge in [0.1, 0.15) is 42.6 Å². The highest BCUT2D eigenvalue weighted by Crippen LogP contribution is 2.36. The van der Waals surface area contributed by atoms with Crippen molar-refractivity contribution in [3.05, 3.63) is 134 Å². The molecule has 0 bridgehead atoms. The van der Waals surface area contributed by atoms with E-state index in [9.17, 15) is 20.3 Å². The SMILES string of the molecule is COc1cc(OCc2cccc(-c3cccc(NCc4cc(OCc5cncc(C#N)c5)c(CN)cc4Cl)c3C=N)c2C)c(Cl)cc1CN[C@@H](CO)C(=O)O. The number of carboxylic acid groups (broad SMARTS) is 1. The van der Waals surface area contributed by atoms with Crippen LogP contribution in [0.4, 0.5) is 5.69 Å². The van der Waals surface area contributed by atoms with Crippen molar-refractivity contribution in [1.82, 2.24) is 10.3 Å². The van der Waals surface area contributed by atoms with E-state index in [1.807, 2.05) is 49.4 Å². The molecular weight excluding hydrogens is 743 g/mol. The highest BCUT2D eigenvalue weighted by Gasteiger charge is 2.19. The van der Waals surface area contributed by atoms with Crippen molar-refractivity contribution in [2.24, 2.45) is 5.73 Å². The minimum Gasteiger partial charge on any atom is -0.496 e. The molecule has 0 fully saturated rings. The number of ether oxygens (including phenoxy) is 3. The normalized spacial score (nSPS) is 11.4. The quantitative estimate of drug-likeness (QED) is 0.0501. The molecule has 12 nitrogen and oxygen atoms in total. The third-order valence-corrected chi connectivity index (χ3v) is 9.61. The number of pyridine rings is 1. The topological polar surface area (TPSA) is 196 Å². The number of benzene rings is 4. The number of nitrogens with zero attached hydrogens (tertiary/aromatic N) is 2. The highest BCUT2D eigenvalue weighted by atomic mass is 35.5. The van der Waals surface area contributed by atoms with Gasteiger partial charge in [0, 0.05) is 77.3 Å². The first-order valence-electron chi connectivity index (χ1n) is 17.1. The molecule has 5 rings (SSSR count). The van der Waals surface area contributed by atoms with E-state index >= 15 is 0 Å². The van der Waals surface area contributed by atoms with Crippen LogP contribution in [-0.4, -0.2) is 47.1 Å². The standard InChI is InChI=1S/C41H40Cl2N6O6/c1-24-27(23-55-40-13-38(53-2)30(11-35(40)43)20-49-37(21-50)41(51)52)5-3-6-31(24)32-7-4-8-36(33(32)16-46)48-19-29-12-39(28(15-45)10-34(29)42)54-22-26-9-25(14-44)17-47-18-26/h3-13,16-18,37,46,48-50H,15,19-23,45H2,1-2H3,(H,51,52)/t37-/m0/s1. The zero-order valence-electron chi connectivity index (χ0n) is 30.2. The van der Waals surface area contributed by atoms with Crippen LogP contribution in [-0.2, 0) is 37.6 Å². The lowest BCUT2D eigenvalue weighted by Gasteiger charge is -2.19. The molecular formula is C41H40Cl2N6O6. The maximum Gasteiger partial charge on any atom is 0.323 e. The summed E-state index contributed by atoms with van der Waals surface area (Å²) in [5.41, 5.74) is 14.3. The Hall–Kier alpha value is -5.68. The summed E-state index contributed by atoms with van der Waals surface area (Å²) in [6.45, 7) is 2.47. The maximum absolute atomic E-state index is 11.3. The van der Waals surface area contributed by atoms with E-state index in [4.69, 9.17) is 48.6 Å². The van der Waals surface area contributed by atoms with Gasteiger partial charge in [-0.05, 0) is 65.1 Å². The first-order chi connectivity index (χ1) is 26.6. The van der Waals surface area contributed by atoms with E-state index in [-0.39, 0.29) is 26.3 Å². The zero-order valence-corrected chi connectivity index (χ0v) is 31.7. The third kappa shape index (κ3) is 9.90. The van der Waals surface area contributed by atoms with Gasteiger partial charge in [-0.3, -0.25) is 15.1 Å². The number of nitriles is 1. The number of anilines is 1. The van der Waals surface area contributed by atoms with Crippen LogP contribution >= 0.6 is 23.2 Å². The van der Waals surface area contributed by atoms with Crippen LogP contribution in [0, 0.1) is 23.7 Å². The molecule has 14 heteroatoms. The number of aliphatic hydroxyl groups excluding tert-OH is 1. The van der Waals surface area contributed by atoms with Gasteiger partial charge in [0.15, 0.2) is 0 Å². The number of aliphatic carboxylic acids is 1. The predicted octanol–water partition coefficient (Wildman–Crippen LogP) is 7.01. The minimum atomic E-state index is -1.17. The molecule has 0 spiro atoms. The molecule has 1 aromatic heterocycles. The Kier molecular flexibility index (Phi) is 14.0. The second-order valence-corrected chi connectivity index (χ2v) is 13.2. The molecule has 0 saturated carbocycles. The Labute approximate surface area is 328 Å². The molecule has 7 N–H and O–H groups in total. The Morgan fingerprint density at radius 3 is 2.40 bits per heavy atom. The van der Waals surface area contributed by atoms with Gasteiger partial charge in [-0.2, -0.15) is 5.26 Å². The van der Waals surface area contributed by atoms with Crippen LogP contribution in [0.2, 0.25) is 10.0 Å². The number of carboxylic acids is 1. The van der Waals surface area contributed by atoms with E-state index in [1.165, 1.54) is 19.5 Å². The van der Waals surface area contributed by atoms with Crippen LogP contribution in [0.5, 0.6) is 17.2 Å². The number of hydrogen-bond donors (Lipinski definition) is 6. The Morgan fingerprint density at radius 2 is 1.69 bits per heavy atom. The van der Waals surface area contributed by atoms with Crippen LogP contribution < -0.4 is 30.6 Å². The molecule has 0 aliphatic heterocycles. The number of carbonyl (C=O) groups is 1. The number of methoxy groups -OCH3 is 1. The monoisotopic (exact) mass is 782 g/mol. The fourth-order valence-electron chi connectivity index (χ4n) is 5.92. The van der Waals surface area contributed by atoms with Crippen LogP contribution in [0.3, 0.4) is 0 Å². The lowest BCUT2D eigenvalue weighted by atomic mass is 9.92. The highest BCUT2D eigenvalue weighted by molar-refractivity contribution is 6.32. The van der Waals surface area contributed by atoms with Crippen molar-refractivity contribution < 1.29 is 29.2 Å². The summed E-state index contributed by atoms with van der Waals surface area (Å²) in [5, 5.41) is 43.2. The van der Waals surface area contributed by atoms with Gasteiger partial charge in [0.25, 0.3) is 0 Å². The lowest BCUT2D eigenvalue weighted by molar-refractivity contribution is -0.140. The molecule has 0 radical (unpaired) electrons. The number of hydrogen-bond acceptors (Lipinski definition) is 11. The largest absolute Gasteiger partial charge is 0.496 e. The van der Waals surface area contributed by atoms with Crippen molar-refractivity contribution in [2.75, 3.05) is 19.0 Å². The van der Waals surface area contributed by atoms with E-state index in [1.54, 1.807) is 30.5 Å². The molecule has 0 unspecified atom stereocenters. The molecule has 0 aliphatic rings. The van der Waals surface area contributed by atoms with Gasteiger partial charge >= 0.3 is 5.97 Å². The van der Waals surface area contributed by atoms with Gasteiger partial charge < -0.3 is 40.9 Å². The number of aliphatic hydroxyl groups is 1. The smallest absolute Gasteiger partial charge is 0.323 e. The van der Waals surface area contributed by atoms with Gasteiger partial charge in [0.05, 0.1) is 24.3 Å². The Bertz CT molecular complexity index is 2230. The number of aromatic nitrogens is 1. The molecule has 1 heterocycles. The van der Waals surface area contributed by atoms with E-state index in [0.717, 1.165) is 44.6 Å². The van der Waals surface area contributed by atoms with Crippen molar-refractivity contribution in [3.8, 4) is 34.4 Å². The minimum absolute atomic E-state index is 0.104. The molecule has 284 valence electrons. The molecule has 0 aliphatic carbocycles.